The summed E-state index contributed by atoms with van der Waals surface area (Å²) in [4.78, 5) is 26.6. The summed E-state index contributed by atoms with van der Waals surface area (Å²) < 4.78 is 0.854. The van der Waals surface area contributed by atoms with E-state index in [9.17, 15) is 9.59 Å². The van der Waals surface area contributed by atoms with E-state index in [0.29, 0.717) is 13.1 Å². The van der Waals surface area contributed by atoms with Crippen LogP contribution in [0.4, 0.5) is 5.69 Å². The van der Waals surface area contributed by atoms with Gasteiger partial charge >= 0.3 is 0 Å². The molecule has 1 aliphatic heterocycles. The second-order valence-corrected chi connectivity index (χ2v) is 6.89. The van der Waals surface area contributed by atoms with Gasteiger partial charge in [-0.1, -0.05) is 26.0 Å². The quantitative estimate of drug-likeness (QED) is 0.794. The number of hydrogen-bond donors (Lipinski definition) is 2. The van der Waals surface area contributed by atoms with Crippen LogP contribution in [0.5, 0.6) is 0 Å². The number of benzene rings is 1. The second-order valence-electron chi connectivity index (χ2n) is 6.04. The van der Waals surface area contributed by atoms with Crippen LogP contribution >= 0.6 is 15.9 Å². The zero-order valence-electron chi connectivity index (χ0n) is 13.6. The van der Waals surface area contributed by atoms with Gasteiger partial charge < -0.3 is 16.0 Å². The Bertz CT molecular complexity index is 579. The van der Waals surface area contributed by atoms with Gasteiger partial charge in [0.15, 0.2) is 0 Å². The first-order valence-electron chi connectivity index (χ1n) is 8.03. The highest BCUT2D eigenvalue weighted by atomic mass is 79.9. The molecular weight excluding hydrogens is 358 g/mol. The minimum atomic E-state index is -0.374. The predicted octanol–water partition coefficient (Wildman–Crippen LogP) is 2.44. The third-order valence-corrected chi connectivity index (χ3v) is 5.44. The zero-order chi connectivity index (χ0) is 17.0. The molecule has 2 amide bonds. The Balaban J connectivity index is 2.11. The van der Waals surface area contributed by atoms with Crippen LogP contribution < -0.4 is 16.0 Å². The lowest BCUT2D eigenvalue weighted by Gasteiger charge is -2.32. The monoisotopic (exact) mass is 381 g/mol. The summed E-state index contributed by atoms with van der Waals surface area (Å²) in [5.74, 6) is -0.441. The van der Waals surface area contributed by atoms with Crippen molar-refractivity contribution in [3.63, 3.8) is 0 Å². The van der Waals surface area contributed by atoms with Crippen molar-refractivity contribution in [2.45, 2.75) is 38.6 Å². The van der Waals surface area contributed by atoms with E-state index in [4.69, 9.17) is 5.73 Å². The SMILES string of the molecule is CCC(CC)(CN)NC(=O)C1CC(=O)N(c2ccccc2Br)C1. The highest BCUT2D eigenvalue weighted by Gasteiger charge is 2.38. The molecule has 5 nitrogen and oxygen atoms in total. The standard InChI is InChI=1S/C17H24BrN3O2/c1-3-17(4-2,11-19)20-16(23)12-9-15(22)21(10-12)14-8-6-5-7-13(14)18/h5-8,12H,3-4,9-11,19H2,1-2H3,(H,20,23). The van der Waals surface area contributed by atoms with Crippen molar-refractivity contribution in [2.75, 3.05) is 18.0 Å². The number of para-hydroxylation sites is 1. The Hall–Kier alpha value is -1.40. The molecule has 126 valence electrons. The van der Waals surface area contributed by atoms with Crippen molar-refractivity contribution in [3.8, 4) is 0 Å². The van der Waals surface area contributed by atoms with E-state index in [-0.39, 0.29) is 29.7 Å². The number of halogens is 1. The van der Waals surface area contributed by atoms with Gasteiger partial charge in [-0.25, -0.2) is 0 Å². The fraction of sp³-hybridized carbons (Fsp3) is 0.529. The van der Waals surface area contributed by atoms with E-state index in [2.05, 4.69) is 21.2 Å². The fourth-order valence-corrected chi connectivity index (χ4v) is 3.42. The first kappa shape index (κ1) is 17.9. The van der Waals surface area contributed by atoms with Crippen molar-refractivity contribution < 1.29 is 9.59 Å². The van der Waals surface area contributed by atoms with Crippen LogP contribution in [0, 0.1) is 5.92 Å². The number of carbonyl (C=O) groups excluding carboxylic acids is 2. The lowest BCUT2D eigenvalue weighted by Crippen LogP contribution is -2.54. The molecule has 2 rings (SSSR count). The average Bonchev–Trinajstić information content (AvgIpc) is 2.95. The molecule has 6 heteroatoms. The smallest absolute Gasteiger partial charge is 0.227 e. The Kier molecular flexibility index (Phi) is 5.81. The molecule has 1 aromatic rings. The first-order chi connectivity index (χ1) is 11.0. The van der Waals surface area contributed by atoms with Crippen molar-refractivity contribution >= 4 is 33.4 Å². The molecule has 0 saturated carbocycles. The molecule has 1 aromatic carbocycles. The van der Waals surface area contributed by atoms with E-state index in [1.807, 2.05) is 38.1 Å². The molecule has 3 N–H and O–H groups in total. The minimum Gasteiger partial charge on any atom is -0.349 e. The number of amides is 2. The van der Waals surface area contributed by atoms with Crippen LogP contribution in [0.1, 0.15) is 33.1 Å². The number of nitrogens with zero attached hydrogens (tertiary/aromatic N) is 1. The Morgan fingerprint density at radius 2 is 2.04 bits per heavy atom. The highest BCUT2D eigenvalue weighted by Crippen LogP contribution is 2.31. The molecule has 1 atom stereocenters. The van der Waals surface area contributed by atoms with Gasteiger partial charge in [0.1, 0.15) is 0 Å². The lowest BCUT2D eigenvalue weighted by molar-refractivity contribution is -0.128. The van der Waals surface area contributed by atoms with Crippen LogP contribution in [0.2, 0.25) is 0 Å². The molecule has 1 heterocycles. The number of nitrogens with one attached hydrogen (secondary N) is 1. The predicted molar refractivity (Wildman–Crippen MR) is 95.1 cm³/mol. The largest absolute Gasteiger partial charge is 0.349 e. The molecule has 1 saturated heterocycles. The maximum atomic E-state index is 12.6. The number of hydrogen-bond acceptors (Lipinski definition) is 3. The summed E-state index contributed by atoms with van der Waals surface area (Å²) in [6.07, 6.45) is 1.79. The average molecular weight is 382 g/mol. The van der Waals surface area contributed by atoms with Crippen LogP contribution in [-0.2, 0) is 9.59 Å². The van der Waals surface area contributed by atoms with E-state index in [0.717, 1.165) is 23.0 Å². The maximum absolute atomic E-state index is 12.6. The first-order valence-corrected chi connectivity index (χ1v) is 8.82. The van der Waals surface area contributed by atoms with Gasteiger partial charge in [0.25, 0.3) is 0 Å². The Morgan fingerprint density at radius 3 is 2.61 bits per heavy atom. The van der Waals surface area contributed by atoms with Crippen LogP contribution in [0.25, 0.3) is 0 Å². The van der Waals surface area contributed by atoms with Crippen molar-refractivity contribution in [3.05, 3.63) is 28.7 Å². The molecule has 0 spiro atoms. The fourth-order valence-electron chi connectivity index (χ4n) is 2.92. The molecule has 0 aliphatic carbocycles. The summed E-state index contributed by atoms with van der Waals surface area (Å²) in [7, 11) is 0. The summed E-state index contributed by atoms with van der Waals surface area (Å²) in [5.41, 5.74) is 6.28. The Morgan fingerprint density at radius 1 is 1.39 bits per heavy atom. The maximum Gasteiger partial charge on any atom is 0.227 e. The van der Waals surface area contributed by atoms with Crippen molar-refractivity contribution in [1.29, 1.82) is 0 Å². The minimum absolute atomic E-state index is 0.0246. The van der Waals surface area contributed by atoms with Crippen molar-refractivity contribution in [1.82, 2.24) is 5.32 Å². The molecule has 23 heavy (non-hydrogen) atoms. The van der Waals surface area contributed by atoms with Crippen LogP contribution in [0.3, 0.4) is 0 Å². The van der Waals surface area contributed by atoms with Gasteiger partial charge in [-0.05, 0) is 40.9 Å². The molecule has 0 radical (unpaired) electrons. The number of rotatable bonds is 6. The molecular formula is C17H24BrN3O2. The van der Waals surface area contributed by atoms with Gasteiger partial charge in [0, 0.05) is 24.0 Å². The van der Waals surface area contributed by atoms with Gasteiger partial charge in [-0.2, -0.15) is 0 Å². The van der Waals surface area contributed by atoms with E-state index in [1.165, 1.54) is 0 Å². The van der Waals surface area contributed by atoms with Gasteiger partial charge in [-0.3, -0.25) is 9.59 Å². The number of nitrogens with two attached hydrogens (primary N) is 1. The van der Waals surface area contributed by atoms with Gasteiger partial charge in [0.05, 0.1) is 17.1 Å². The molecule has 0 aromatic heterocycles. The third kappa shape index (κ3) is 3.75. The van der Waals surface area contributed by atoms with Gasteiger partial charge in [-0.15, -0.1) is 0 Å². The van der Waals surface area contributed by atoms with E-state index >= 15 is 0 Å². The third-order valence-electron chi connectivity index (χ3n) is 4.77. The summed E-state index contributed by atoms with van der Waals surface area (Å²) in [6, 6.07) is 7.55. The molecule has 0 bridgehead atoms. The zero-order valence-corrected chi connectivity index (χ0v) is 15.2. The second kappa shape index (κ2) is 7.45. The normalized spacial score (nSPS) is 18.3. The summed E-state index contributed by atoms with van der Waals surface area (Å²) in [6.45, 7) is 4.84. The van der Waals surface area contributed by atoms with Gasteiger partial charge in [0.2, 0.25) is 11.8 Å². The number of anilines is 1. The van der Waals surface area contributed by atoms with Crippen LogP contribution in [-0.4, -0.2) is 30.4 Å². The van der Waals surface area contributed by atoms with E-state index in [1.54, 1.807) is 4.90 Å². The topological polar surface area (TPSA) is 75.4 Å². The van der Waals surface area contributed by atoms with E-state index < -0.39 is 0 Å². The summed E-state index contributed by atoms with van der Waals surface area (Å²) >= 11 is 3.46. The lowest BCUT2D eigenvalue weighted by atomic mass is 9.91. The highest BCUT2D eigenvalue weighted by molar-refractivity contribution is 9.10. The Labute approximate surface area is 145 Å². The molecule has 1 unspecified atom stereocenters. The molecule has 1 aliphatic rings. The van der Waals surface area contributed by atoms with Crippen LogP contribution in [0.15, 0.2) is 28.7 Å². The number of carbonyl (C=O) groups is 2. The van der Waals surface area contributed by atoms with Crippen molar-refractivity contribution in [2.24, 2.45) is 11.7 Å². The summed E-state index contributed by atoms with van der Waals surface area (Å²) in [5, 5.41) is 3.07. The molecule has 1 fully saturated rings.